The Kier molecular flexibility index (Phi) is 5.59. The molecule has 0 atom stereocenters. The summed E-state index contributed by atoms with van der Waals surface area (Å²) in [6.07, 6.45) is 1.77. The van der Waals surface area contributed by atoms with Crippen molar-refractivity contribution in [3.63, 3.8) is 0 Å². The molecule has 144 valence electrons. The number of nitrogens with one attached hydrogen (secondary N) is 1. The first-order valence-corrected chi connectivity index (χ1v) is 11.5. The molecule has 2 aromatic carbocycles. The lowest BCUT2D eigenvalue weighted by atomic mass is 10.0. The fourth-order valence-corrected chi connectivity index (χ4v) is 6.52. The van der Waals surface area contributed by atoms with E-state index in [9.17, 15) is 13.2 Å². The molecule has 28 heavy (non-hydrogen) atoms. The minimum atomic E-state index is -3.83. The van der Waals surface area contributed by atoms with Gasteiger partial charge >= 0.3 is 5.97 Å². The van der Waals surface area contributed by atoms with E-state index in [1.807, 2.05) is 0 Å². The van der Waals surface area contributed by atoms with Gasteiger partial charge in [-0.2, -0.15) is 0 Å². The molecule has 3 rings (SSSR count). The summed E-state index contributed by atoms with van der Waals surface area (Å²) < 4.78 is 27.0. The number of sulfone groups is 1. The van der Waals surface area contributed by atoms with E-state index in [1.165, 1.54) is 42.1 Å². The lowest BCUT2D eigenvalue weighted by Gasteiger charge is -2.08. The molecular formula is C19H16N2O4S3. The van der Waals surface area contributed by atoms with Gasteiger partial charge in [0.25, 0.3) is 0 Å². The average Bonchev–Trinajstić information content (AvgIpc) is 3.14. The predicted molar refractivity (Wildman–Crippen MR) is 111 cm³/mol. The largest absolute Gasteiger partial charge is 0.478 e. The van der Waals surface area contributed by atoms with Crippen LogP contribution in [0.5, 0.6) is 0 Å². The van der Waals surface area contributed by atoms with Crippen LogP contribution in [0.3, 0.4) is 0 Å². The van der Waals surface area contributed by atoms with Crippen molar-refractivity contribution in [3.8, 4) is 11.1 Å². The zero-order valence-corrected chi connectivity index (χ0v) is 17.1. The van der Waals surface area contributed by atoms with Crippen molar-refractivity contribution in [2.24, 2.45) is 5.73 Å². The topological polar surface area (TPSA) is 121 Å². The summed E-state index contributed by atoms with van der Waals surface area (Å²) in [4.78, 5) is 11.8. The molecule has 9 heteroatoms. The van der Waals surface area contributed by atoms with Gasteiger partial charge in [0.05, 0.1) is 24.4 Å². The zero-order chi connectivity index (χ0) is 20.5. The van der Waals surface area contributed by atoms with E-state index in [4.69, 9.17) is 16.2 Å². The molecule has 6 nitrogen and oxygen atoms in total. The molecule has 3 aromatic rings. The molecule has 0 aliphatic carbocycles. The number of aromatic carboxylic acids is 1. The molecule has 1 heterocycles. The monoisotopic (exact) mass is 432 g/mol. The van der Waals surface area contributed by atoms with Gasteiger partial charge in [0.2, 0.25) is 9.84 Å². The lowest BCUT2D eigenvalue weighted by molar-refractivity contribution is 0.0697. The van der Waals surface area contributed by atoms with E-state index in [2.05, 4.69) is 0 Å². The smallest absolute Gasteiger partial charge is 0.335 e. The molecule has 0 unspecified atom stereocenters. The number of hydrogen-bond donors (Lipinski definition) is 3. The molecule has 4 N–H and O–H groups in total. The second-order valence-corrected chi connectivity index (χ2v) is 9.84. The maximum Gasteiger partial charge on any atom is 0.335 e. The van der Waals surface area contributed by atoms with Crippen LogP contribution in [0.2, 0.25) is 0 Å². The van der Waals surface area contributed by atoms with Gasteiger partial charge in [-0.15, -0.1) is 23.1 Å². The molecule has 0 aliphatic heterocycles. The van der Waals surface area contributed by atoms with Crippen LogP contribution in [0.15, 0.2) is 68.6 Å². The fraction of sp³-hybridized carbons (Fsp3) is 0.0526. The Bertz CT molecular complexity index is 1180. The van der Waals surface area contributed by atoms with Gasteiger partial charge in [-0.1, -0.05) is 24.3 Å². The Morgan fingerprint density at radius 1 is 1.11 bits per heavy atom. The number of nitrogen functional groups attached to an aromatic ring is 1. The van der Waals surface area contributed by atoms with Gasteiger partial charge in [-0.25, -0.2) is 13.2 Å². The van der Waals surface area contributed by atoms with Crippen LogP contribution in [-0.2, 0) is 9.84 Å². The molecule has 0 saturated heterocycles. The third kappa shape index (κ3) is 3.82. The number of carboxylic acid groups (broad SMARTS) is 1. The van der Waals surface area contributed by atoms with E-state index in [1.54, 1.807) is 30.5 Å². The predicted octanol–water partition coefficient (Wildman–Crippen LogP) is 3.95. The number of nitrogens with two attached hydrogens (primary N) is 1. The van der Waals surface area contributed by atoms with Gasteiger partial charge in [0, 0.05) is 0 Å². The molecular weight excluding hydrogens is 416 g/mol. The SMILES string of the molecule is CSc1sc(C(=N)N)cc1S(=O)(=O)c1cccc(-c2cccc(C(=O)O)c2)c1. The molecule has 0 radical (unpaired) electrons. The number of thioether (sulfide) groups is 1. The second-order valence-electron chi connectivity index (χ2n) is 5.80. The van der Waals surface area contributed by atoms with Crippen LogP contribution in [0.1, 0.15) is 15.2 Å². The van der Waals surface area contributed by atoms with Crippen LogP contribution in [0, 0.1) is 5.41 Å². The van der Waals surface area contributed by atoms with Crippen molar-refractivity contribution >= 4 is 44.7 Å². The van der Waals surface area contributed by atoms with Gasteiger partial charge in [0.1, 0.15) is 5.84 Å². The number of hydrogen-bond acceptors (Lipinski definition) is 6. The maximum absolute atomic E-state index is 13.2. The third-order valence-electron chi connectivity index (χ3n) is 3.99. The summed E-state index contributed by atoms with van der Waals surface area (Å²) >= 11 is 2.45. The van der Waals surface area contributed by atoms with Gasteiger partial charge < -0.3 is 10.8 Å². The highest BCUT2D eigenvalue weighted by Crippen LogP contribution is 2.37. The van der Waals surface area contributed by atoms with Crippen LogP contribution < -0.4 is 5.73 Å². The molecule has 1 aromatic heterocycles. The summed E-state index contributed by atoms with van der Waals surface area (Å²) in [5.41, 5.74) is 6.84. The Morgan fingerprint density at radius 3 is 2.36 bits per heavy atom. The van der Waals surface area contributed by atoms with E-state index >= 15 is 0 Å². The molecule has 0 spiro atoms. The first kappa shape index (κ1) is 20.1. The summed E-state index contributed by atoms with van der Waals surface area (Å²) in [7, 11) is -3.83. The van der Waals surface area contributed by atoms with Crippen LogP contribution >= 0.6 is 23.1 Å². The van der Waals surface area contributed by atoms with Crippen LogP contribution in [0.25, 0.3) is 11.1 Å². The normalized spacial score (nSPS) is 11.3. The van der Waals surface area contributed by atoms with Crippen molar-refractivity contribution in [2.45, 2.75) is 14.0 Å². The highest BCUT2D eigenvalue weighted by Gasteiger charge is 2.25. The van der Waals surface area contributed by atoms with Crippen LogP contribution in [0.4, 0.5) is 0 Å². The number of benzene rings is 2. The summed E-state index contributed by atoms with van der Waals surface area (Å²) in [6.45, 7) is 0. The van der Waals surface area contributed by atoms with E-state index in [-0.39, 0.29) is 21.2 Å². The van der Waals surface area contributed by atoms with Crippen LogP contribution in [-0.4, -0.2) is 31.6 Å². The van der Waals surface area contributed by atoms with Crippen molar-refractivity contribution in [1.29, 1.82) is 5.41 Å². The highest BCUT2D eigenvalue weighted by atomic mass is 32.2. The molecule has 0 fully saturated rings. The Balaban J connectivity index is 2.10. The highest BCUT2D eigenvalue weighted by molar-refractivity contribution is 8.01. The number of rotatable bonds is 6. The first-order chi connectivity index (χ1) is 13.2. The number of amidine groups is 1. The third-order valence-corrected chi connectivity index (χ3v) is 8.33. The van der Waals surface area contributed by atoms with Gasteiger partial charge in [-0.3, -0.25) is 5.41 Å². The van der Waals surface area contributed by atoms with Crippen molar-refractivity contribution < 1.29 is 18.3 Å². The minimum Gasteiger partial charge on any atom is -0.478 e. The standard InChI is InChI=1S/C19H16N2O4S3/c1-26-19-16(10-15(27-19)17(20)21)28(24,25)14-7-3-5-12(9-14)11-4-2-6-13(8-11)18(22)23/h2-10H,1H3,(H3,20,21)(H,22,23). The maximum atomic E-state index is 13.2. The summed E-state index contributed by atoms with van der Waals surface area (Å²) in [5.74, 6) is -1.23. The lowest BCUT2D eigenvalue weighted by Crippen LogP contribution is -2.08. The number of carboxylic acids is 1. The minimum absolute atomic E-state index is 0.0916. The van der Waals surface area contributed by atoms with Crippen molar-refractivity contribution in [1.82, 2.24) is 0 Å². The number of thiophene rings is 1. The van der Waals surface area contributed by atoms with E-state index < -0.39 is 15.8 Å². The zero-order valence-electron chi connectivity index (χ0n) is 14.7. The van der Waals surface area contributed by atoms with Gasteiger partial charge in [-0.05, 0) is 47.7 Å². The first-order valence-electron chi connectivity index (χ1n) is 7.95. The molecule has 0 bridgehead atoms. The van der Waals surface area contributed by atoms with E-state index in [0.717, 1.165) is 11.3 Å². The summed E-state index contributed by atoms with van der Waals surface area (Å²) in [5, 5.41) is 16.7. The number of carbonyl (C=O) groups is 1. The summed E-state index contributed by atoms with van der Waals surface area (Å²) in [6, 6.07) is 14.1. The quantitative estimate of drug-likeness (QED) is 0.308. The Labute approximate surface area is 170 Å². The van der Waals surface area contributed by atoms with E-state index in [0.29, 0.717) is 20.2 Å². The van der Waals surface area contributed by atoms with Gasteiger partial charge in [0.15, 0.2) is 0 Å². The fourth-order valence-electron chi connectivity index (χ4n) is 2.62. The van der Waals surface area contributed by atoms with Crippen molar-refractivity contribution in [2.75, 3.05) is 6.26 Å². The van der Waals surface area contributed by atoms with Crippen molar-refractivity contribution in [3.05, 3.63) is 65.0 Å². The Morgan fingerprint density at radius 2 is 1.75 bits per heavy atom. The Hall–Kier alpha value is -2.62. The average molecular weight is 433 g/mol. The molecule has 0 aliphatic rings. The molecule has 0 saturated carbocycles. The second kappa shape index (κ2) is 7.78. The molecule has 0 amide bonds.